The maximum absolute atomic E-state index is 12.2. The summed E-state index contributed by atoms with van der Waals surface area (Å²) in [5.74, 6) is -0.625. The van der Waals surface area contributed by atoms with Crippen LogP contribution in [0.1, 0.15) is 56.2 Å². The van der Waals surface area contributed by atoms with Crippen molar-refractivity contribution in [3.8, 4) is 16.9 Å². The zero-order valence-electron chi connectivity index (χ0n) is 17.2. The van der Waals surface area contributed by atoms with E-state index in [1.165, 1.54) is 5.56 Å². The second kappa shape index (κ2) is 7.63. The number of rotatable bonds is 5. The Morgan fingerprint density at radius 2 is 1.64 bits per heavy atom. The van der Waals surface area contributed by atoms with Crippen molar-refractivity contribution in [1.82, 2.24) is 9.78 Å². The molecule has 1 aromatic heterocycles. The van der Waals surface area contributed by atoms with Gasteiger partial charge >= 0.3 is 5.97 Å². The van der Waals surface area contributed by atoms with E-state index >= 15 is 0 Å². The molecule has 0 aliphatic heterocycles. The van der Waals surface area contributed by atoms with Crippen molar-refractivity contribution in [2.75, 3.05) is 0 Å². The highest BCUT2D eigenvalue weighted by Gasteiger charge is 2.26. The molecular formula is C24H28N2O2. The molecule has 0 amide bonds. The minimum absolute atomic E-state index is 0.0555. The molecule has 0 aliphatic rings. The molecule has 0 fully saturated rings. The quantitative estimate of drug-likeness (QED) is 0.618. The van der Waals surface area contributed by atoms with Crippen LogP contribution in [-0.4, -0.2) is 20.9 Å². The molecule has 1 heterocycles. The molecule has 0 aliphatic carbocycles. The molecule has 2 aromatic carbocycles. The van der Waals surface area contributed by atoms with E-state index in [4.69, 9.17) is 5.10 Å². The SMILES string of the molecule is CC(C)Cc1nn(-c2ccc(C(C)(C)C)cc2)c(-c2ccccc2)c1C(=O)O. The first-order valence-corrected chi connectivity index (χ1v) is 9.70. The van der Waals surface area contributed by atoms with Crippen molar-refractivity contribution in [1.29, 1.82) is 0 Å². The van der Waals surface area contributed by atoms with Gasteiger partial charge in [0.15, 0.2) is 0 Å². The van der Waals surface area contributed by atoms with E-state index in [9.17, 15) is 9.90 Å². The fourth-order valence-corrected chi connectivity index (χ4v) is 3.37. The Bertz CT molecular complexity index is 962. The Morgan fingerprint density at radius 3 is 2.14 bits per heavy atom. The normalized spacial score (nSPS) is 11.8. The lowest BCUT2D eigenvalue weighted by molar-refractivity contribution is 0.0696. The highest BCUT2D eigenvalue weighted by atomic mass is 16.4. The van der Waals surface area contributed by atoms with E-state index in [0.717, 1.165) is 11.3 Å². The molecule has 4 nitrogen and oxygen atoms in total. The number of hydrogen-bond donors (Lipinski definition) is 1. The minimum Gasteiger partial charge on any atom is -0.478 e. The smallest absolute Gasteiger partial charge is 0.339 e. The highest BCUT2D eigenvalue weighted by molar-refractivity contribution is 5.96. The number of aromatic nitrogens is 2. The summed E-state index contributed by atoms with van der Waals surface area (Å²) >= 11 is 0. The van der Waals surface area contributed by atoms with E-state index in [1.54, 1.807) is 4.68 Å². The Balaban J connectivity index is 2.24. The minimum atomic E-state index is -0.938. The van der Waals surface area contributed by atoms with Crippen molar-refractivity contribution in [3.05, 3.63) is 71.4 Å². The van der Waals surface area contributed by atoms with E-state index in [2.05, 4.69) is 46.8 Å². The third-order valence-electron chi connectivity index (χ3n) is 4.80. The molecule has 0 atom stereocenters. The first kappa shape index (κ1) is 19.9. The van der Waals surface area contributed by atoms with Crippen molar-refractivity contribution >= 4 is 5.97 Å². The van der Waals surface area contributed by atoms with Gasteiger partial charge in [-0.25, -0.2) is 9.48 Å². The van der Waals surface area contributed by atoms with E-state index < -0.39 is 5.97 Å². The summed E-state index contributed by atoms with van der Waals surface area (Å²) in [7, 11) is 0. The van der Waals surface area contributed by atoms with Crippen LogP contribution in [0.3, 0.4) is 0 Å². The molecule has 0 saturated carbocycles. The molecule has 0 unspecified atom stereocenters. The lowest BCUT2D eigenvalue weighted by atomic mass is 9.87. The monoisotopic (exact) mass is 376 g/mol. The maximum atomic E-state index is 12.2. The number of benzene rings is 2. The van der Waals surface area contributed by atoms with Crippen LogP contribution in [0.4, 0.5) is 0 Å². The van der Waals surface area contributed by atoms with Crippen LogP contribution < -0.4 is 0 Å². The predicted octanol–water partition coefficient (Wildman–Crippen LogP) is 5.73. The van der Waals surface area contributed by atoms with E-state index in [-0.39, 0.29) is 5.41 Å². The molecule has 4 heteroatoms. The summed E-state index contributed by atoms with van der Waals surface area (Å²) in [4.78, 5) is 12.2. The standard InChI is InChI=1S/C24H28N2O2/c1-16(2)15-20-21(23(27)28)22(17-9-7-6-8-10-17)26(25-20)19-13-11-18(12-14-19)24(3,4)5/h6-14,16H,15H2,1-5H3,(H,27,28). The summed E-state index contributed by atoms with van der Waals surface area (Å²) in [5.41, 5.74) is 4.55. The number of nitrogens with zero attached hydrogens (tertiary/aromatic N) is 2. The van der Waals surface area contributed by atoms with Crippen LogP contribution in [0.25, 0.3) is 16.9 Å². The van der Waals surface area contributed by atoms with Gasteiger partial charge in [0.1, 0.15) is 5.56 Å². The van der Waals surface area contributed by atoms with Crippen LogP contribution in [0.2, 0.25) is 0 Å². The zero-order chi connectivity index (χ0) is 20.5. The van der Waals surface area contributed by atoms with Gasteiger partial charge in [-0.1, -0.05) is 77.1 Å². The summed E-state index contributed by atoms with van der Waals surface area (Å²) < 4.78 is 1.78. The lowest BCUT2D eigenvalue weighted by Crippen LogP contribution is -2.11. The van der Waals surface area contributed by atoms with E-state index in [0.29, 0.717) is 29.3 Å². The Labute approximate surface area is 166 Å². The Morgan fingerprint density at radius 1 is 1.04 bits per heavy atom. The molecule has 0 spiro atoms. The molecule has 0 saturated heterocycles. The van der Waals surface area contributed by atoms with Gasteiger partial charge in [0.2, 0.25) is 0 Å². The number of hydrogen-bond acceptors (Lipinski definition) is 2. The van der Waals surface area contributed by atoms with Gasteiger partial charge in [0.05, 0.1) is 17.1 Å². The first-order valence-electron chi connectivity index (χ1n) is 9.70. The number of carbonyl (C=O) groups is 1. The van der Waals surface area contributed by atoms with Crippen molar-refractivity contribution in [2.45, 2.75) is 46.5 Å². The van der Waals surface area contributed by atoms with Gasteiger partial charge in [-0.3, -0.25) is 0 Å². The molecule has 3 aromatic rings. The van der Waals surface area contributed by atoms with Crippen molar-refractivity contribution < 1.29 is 9.90 Å². The largest absolute Gasteiger partial charge is 0.478 e. The molecule has 3 rings (SSSR count). The van der Waals surface area contributed by atoms with Gasteiger partial charge in [-0.2, -0.15) is 5.10 Å². The van der Waals surface area contributed by atoms with Crippen LogP contribution in [0, 0.1) is 5.92 Å². The van der Waals surface area contributed by atoms with Gasteiger partial charge in [0, 0.05) is 5.56 Å². The lowest BCUT2D eigenvalue weighted by Gasteiger charge is -2.19. The zero-order valence-corrected chi connectivity index (χ0v) is 17.2. The summed E-state index contributed by atoms with van der Waals surface area (Å²) in [6.45, 7) is 10.7. The van der Waals surface area contributed by atoms with Crippen LogP contribution in [0.5, 0.6) is 0 Å². The summed E-state index contributed by atoms with van der Waals surface area (Å²) in [6.07, 6.45) is 0.620. The molecule has 146 valence electrons. The van der Waals surface area contributed by atoms with Gasteiger partial charge < -0.3 is 5.11 Å². The molecule has 1 N–H and O–H groups in total. The van der Waals surface area contributed by atoms with Gasteiger partial charge in [-0.05, 0) is 35.4 Å². The number of carboxylic acids is 1. The average Bonchev–Trinajstić information content (AvgIpc) is 3.00. The second-order valence-electron chi connectivity index (χ2n) is 8.65. The maximum Gasteiger partial charge on any atom is 0.339 e. The average molecular weight is 377 g/mol. The van der Waals surface area contributed by atoms with Crippen LogP contribution in [-0.2, 0) is 11.8 Å². The summed E-state index contributed by atoms with van der Waals surface area (Å²) in [5, 5.41) is 14.7. The molecular weight excluding hydrogens is 348 g/mol. The number of aromatic carboxylic acids is 1. The van der Waals surface area contributed by atoms with Gasteiger partial charge in [-0.15, -0.1) is 0 Å². The third kappa shape index (κ3) is 4.01. The highest BCUT2D eigenvalue weighted by Crippen LogP contribution is 2.31. The predicted molar refractivity (Wildman–Crippen MR) is 113 cm³/mol. The van der Waals surface area contributed by atoms with Crippen LogP contribution >= 0.6 is 0 Å². The molecule has 28 heavy (non-hydrogen) atoms. The topological polar surface area (TPSA) is 55.1 Å². The fourth-order valence-electron chi connectivity index (χ4n) is 3.37. The fraction of sp³-hybridized carbons (Fsp3) is 0.333. The summed E-state index contributed by atoms with van der Waals surface area (Å²) in [6, 6.07) is 17.9. The van der Waals surface area contributed by atoms with Crippen molar-refractivity contribution in [3.63, 3.8) is 0 Å². The number of carboxylic acid groups (broad SMARTS) is 1. The van der Waals surface area contributed by atoms with Crippen LogP contribution in [0.15, 0.2) is 54.6 Å². The first-order chi connectivity index (χ1) is 13.2. The third-order valence-corrected chi connectivity index (χ3v) is 4.80. The van der Waals surface area contributed by atoms with Gasteiger partial charge in [0.25, 0.3) is 0 Å². The second-order valence-corrected chi connectivity index (χ2v) is 8.65. The Kier molecular flexibility index (Phi) is 5.41. The molecule has 0 radical (unpaired) electrons. The Hall–Kier alpha value is -2.88. The van der Waals surface area contributed by atoms with Crippen molar-refractivity contribution in [2.24, 2.45) is 5.92 Å². The van der Waals surface area contributed by atoms with E-state index in [1.807, 2.05) is 42.5 Å². The molecule has 0 bridgehead atoms.